The highest BCUT2D eigenvalue weighted by Gasteiger charge is 2.34. The van der Waals surface area contributed by atoms with Crippen molar-refractivity contribution in [2.24, 2.45) is 0 Å². The number of anilines is 2. The second-order valence-corrected chi connectivity index (χ2v) is 5.94. The molecule has 0 fully saturated rings. The van der Waals surface area contributed by atoms with Gasteiger partial charge in [-0.05, 0) is 38.1 Å². The summed E-state index contributed by atoms with van der Waals surface area (Å²) < 4.78 is 11.3. The summed E-state index contributed by atoms with van der Waals surface area (Å²) in [6.45, 7) is 6.09. The maximum Gasteiger partial charge on any atom is 0.339 e. The van der Waals surface area contributed by atoms with Gasteiger partial charge in [-0.25, -0.2) is 4.79 Å². The highest BCUT2D eigenvalue weighted by molar-refractivity contribution is 5.95. The van der Waals surface area contributed by atoms with Crippen LogP contribution in [0.15, 0.2) is 36.4 Å². The molecule has 0 aromatic heterocycles. The van der Waals surface area contributed by atoms with Gasteiger partial charge in [-0.1, -0.05) is 6.07 Å². The lowest BCUT2D eigenvalue weighted by molar-refractivity contribution is 0.0452. The van der Waals surface area contributed by atoms with E-state index in [4.69, 9.17) is 9.47 Å². The van der Waals surface area contributed by atoms with Gasteiger partial charge in [0.25, 0.3) is 0 Å². The van der Waals surface area contributed by atoms with Gasteiger partial charge in [0.2, 0.25) is 0 Å². The quantitative estimate of drug-likeness (QED) is 0.810. The van der Waals surface area contributed by atoms with Crippen LogP contribution in [0.5, 0.6) is 5.75 Å². The fourth-order valence-corrected chi connectivity index (χ4v) is 3.28. The van der Waals surface area contributed by atoms with Crippen molar-refractivity contribution in [2.45, 2.75) is 20.0 Å². The number of cyclic esters (lactones) is 1. The molecule has 0 saturated heterocycles. The van der Waals surface area contributed by atoms with Crippen molar-refractivity contribution in [3.8, 4) is 5.75 Å². The Morgan fingerprint density at radius 1 is 1.12 bits per heavy atom. The van der Waals surface area contributed by atoms with Gasteiger partial charge in [0.1, 0.15) is 5.75 Å². The molecule has 2 aromatic carbocycles. The van der Waals surface area contributed by atoms with Crippen molar-refractivity contribution < 1.29 is 14.3 Å². The number of esters is 1. The molecule has 0 radical (unpaired) electrons. The summed E-state index contributed by atoms with van der Waals surface area (Å²) in [7, 11) is 3.47. The smallest absolute Gasteiger partial charge is 0.339 e. The zero-order chi connectivity index (χ0) is 18.0. The average molecular weight is 340 g/mol. The van der Waals surface area contributed by atoms with Crippen molar-refractivity contribution in [1.29, 1.82) is 0 Å². The highest BCUT2D eigenvalue weighted by atomic mass is 16.6. The molecule has 0 spiro atoms. The zero-order valence-corrected chi connectivity index (χ0v) is 15.1. The van der Waals surface area contributed by atoms with E-state index in [0.717, 1.165) is 41.3 Å². The Morgan fingerprint density at radius 3 is 2.48 bits per heavy atom. The first-order valence-corrected chi connectivity index (χ1v) is 8.58. The molecule has 25 heavy (non-hydrogen) atoms. The molecule has 0 aliphatic carbocycles. The Bertz CT molecular complexity index is 785. The van der Waals surface area contributed by atoms with Gasteiger partial charge in [-0.3, -0.25) is 0 Å². The molecule has 1 unspecified atom stereocenters. The number of methoxy groups -OCH3 is 1. The van der Waals surface area contributed by atoms with Crippen LogP contribution in [-0.2, 0) is 4.74 Å². The third kappa shape index (κ3) is 3.02. The fraction of sp³-hybridized carbons (Fsp3) is 0.350. The fourth-order valence-electron chi connectivity index (χ4n) is 3.28. The maximum absolute atomic E-state index is 12.3. The molecule has 1 atom stereocenters. The third-order valence-electron chi connectivity index (χ3n) is 4.70. The number of hydrogen-bond donors (Lipinski definition) is 1. The Morgan fingerprint density at radius 2 is 1.84 bits per heavy atom. The summed E-state index contributed by atoms with van der Waals surface area (Å²) in [5.74, 6) is 0.430. The average Bonchev–Trinajstić information content (AvgIpc) is 2.98. The van der Waals surface area contributed by atoms with Gasteiger partial charge in [-0.15, -0.1) is 0 Å². The monoisotopic (exact) mass is 340 g/mol. The lowest BCUT2D eigenvalue weighted by atomic mass is 9.97. The normalized spacial score (nSPS) is 15.5. The summed E-state index contributed by atoms with van der Waals surface area (Å²) in [6.07, 6.45) is -0.436. The van der Waals surface area contributed by atoms with Crippen LogP contribution >= 0.6 is 0 Å². The number of nitrogens with one attached hydrogen (secondary N) is 1. The van der Waals surface area contributed by atoms with E-state index in [9.17, 15) is 4.79 Å². The van der Waals surface area contributed by atoms with Crippen molar-refractivity contribution in [1.82, 2.24) is 0 Å². The molecule has 1 N–H and O–H groups in total. The predicted molar refractivity (Wildman–Crippen MR) is 99.8 cm³/mol. The molecule has 5 heteroatoms. The van der Waals surface area contributed by atoms with Crippen LogP contribution in [-0.4, -0.2) is 33.2 Å². The molecule has 3 rings (SSSR count). The standard InChI is InChI=1S/C20H24N2O3/c1-5-22(6-2)14-8-10-16(18(12-14)24-4)19-15-9-7-13(21-3)11-17(15)20(23)25-19/h7-12,19,21H,5-6H2,1-4H3. The topological polar surface area (TPSA) is 50.8 Å². The number of hydrogen-bond acceptors (Lipinski definition) is 5. The van der Waals surface area contributed by atoms with E-state index >= 15 is 0 Å². The van der Waals surface area contributed by atoms with E-state index in [2.05, 4.69) is 30.1 Å². The Kier molecular flexibility index (Phi) is 4.83. The zero-order valence-electron chi connectivity index (χ0n) is 15.1. The van der Waals surface area contributed by atoms with E-state index in [-0.39, 0.29) is 5.97 Å². The Hall–Kier alpha value is -2.69. The maximum atomic E-state index is 12.3. The summed E-state index contributed by atoms with van der Waals surface area (Å²) in [5, 5.41) is 3.05. The molecule has 0 bridgehead atoms. The first-order valence-electron chi connectivity index (χ1n) is 8.58. The molecular weight excluding hydrogens is 316 g/mol. The van der Waals surface area contributed by atoms with Gasteiger partial charge in [-0.2, -0.15) is 0 Å². The minimum Gasteiger partial charge on any atom is -0.496 e. The predicted octanol–water partition coefficient (Wildman–Crippen LogP) is 3.84. The lowest BCUT2D eigenvalue weighted by Crippen LogP contribution is -2.21. The van der Waals surface area contributed by atoms with Crippen LogP contribution in [0.25, 0.3) is 0 Å². The molecule has 132 valence electrons. The van der Waals surface area contributed by atoms with Gasteiger partial charge in [0.05, 0.1) is 12.7 Å². The molecule has 0 amide bonds. The molecule has 2 aromatic rings. The molecule has 5 nitrogen and oxygen atoms in total. The molecule has 1 aliphatic rings. The second kappa shape index (κ2) is 7.05. The van der Waals surface area contributed by atoms with Crippen LogP contribution < -0.4 is 15.0 Å². The number of benzene rings is 2. The van der Waals surface area contributed by atoms with Crippen molar-refractivity contribution >= 4 is 17.3 Å². The van der Waals surface area contributed by atoms with Gasteiger partial charge in [0, 0.05) is 48.7 Å². The SMILES string of the molecule is CCN(CC)c1ccc(C2OC(=O)c3cc(NC)ccc32)c(OC)c1. The second-order valence-electron chi connectivity index (χ2n) is 5.94. The lowest BCUT2D eigenvalue weighted by Gasteiger charge is -2.23. The first-order chi connectivity index (χ1) is 12.1. The minimum absolute atomic E-state index is 0.299. The van der Waals surface area contributed by atoms with Gasteiger partial charge >= 0.3 is 5.97 Å². The largest absolute Gasteiger partial charge is 0.496 e. The van der Waals surface area contributed by atoms with E-state index < -0.39 is 6.10 Å². The van der Waals surface area contributed by atoms with Crippen LogP contribution in [0.4, 0.5) is 11.4 Å². The number of ether oxygens (including phenoxy) is 2. The number of nitrogens with zero attached hydrogens (tertiary/aromatic N) is 1. The first kappa shape index (κ1) is 17.1. The van der Waals surface area contributed by atoms with Crippen molar-refractivity contribution in [2.75, 3.05) is 37.5 Å². The molecule has 1 heterocycles. The van der Waals surface area contributed by atoms with E-state index in [1.165, 1.54) is 0 Å². The van der Waals surface area contributed by atoms with Crippen LogP contribution in [0.2, 0.25) is 0 Å². The highest BCUT2D eigenvalue weighted by Crippen LogP contribution is 2.41. The van der Waals surface area contributed by atoms with Crippen molar-refractivity contribution in [3.05, 3.63) is 53.1 Å². The number of fused-ring (bicyclic) bond motifs is 1. The molecular formula is C20H24N2O3. The van der Waals surface area contributed by atoms with Gasteiger partial charge < -0.3 is 19.7 Å². The molecule has 1 aliphatic heterocycles. The Labute approximate surface area is 148 Å². The van der Waals surface area contributed by atoms with E-state index in [1.54, 1.807) is 7.11 Å². The summed E-state index contributed by atoms with van der Waals surface area (Å²) in [5.41, 5.74) is 4.33. The Balaban J connectivity index is 2.02. The van der Waals surface area contributed by atoms with Crippen LogP contribution in [0.3, 0.4) is 0 Å². The summed E-state index contributed by atoms with van der Waals surface area (Å²) in [6, 6.07) is 11.8. The van der Waals surface area contributed by atoms with Crippen LogP contribution in [0, 0.1) is 0 Å². The summed E-state index contributed by atoms with van der Waals surface area (Å²) >= 11 is 0. The number of carbonyl (C=O) groups excluding carboxylic acids is 1. The van der Waals surface area contributed by atoms with Gasteiger partial charge in [0.15, 0.2) is 6.10 Å². The van der Waals surface area contributed by atoms with Crippen molar-refractivity contribution in [3.63, 3.8) is 0 Å². The number of carbonyl (C=O) groups is 1. The van der Waals surface area contributed by atoms with Crippen LogP contribution in [0.1, 0.15) is 41.4 Å². The van der Waals surface area contributed by atoms with E-state index in [0.29, 0.717) is 5.56 Å². The third-order valence-corrected chi connectivity index (χ3v) is 4.70. The van der Waals surface area contributed by atoms with E-state index in [1.807, 2.05) is 37.4 Å². The summed E-state index contributed by atoms with van der Waals surface area (Å²) in [4.78, 5) is 14.5. The number of rotatable bonds is 6. The molecule has 0 saturated carbocycles. The minimum atomic E-state index is -0.436.